The van der Waals surface area contributed by atoms with Gasteiger partial charge in [0.25, 0.3) is 0 Å². The second-order valence-electron chi connectivity index (χ2n) is 7.09. The van der Waals surface area contributed by atoms with Gasteiger partial charge < -0.3 is 4.74 Å². The van der Waals surface area contributed by atoms with Gasteiger partial charge in [-0.05, 0) is 36.5 Å². The molecular weight excluding hydrogens is 277 g/mol. The van der Waals surface area contributed by atoms with Crippen LogP contribution in [0, 0.1) is 29.6 Å². The zero-order chi connectivity index (χ0) is 16.6. The highest BCUT2D eigenvalue weighted by Crippen LogP contribution is 2.35. The molecule has 0 saturated carbocycles. The first-order chi connectivity index (χ1) is 9.59. The van der Waals surface area contributed by atoms with Crippen LogP contribution in [0.3, 0.4) is 0 Å². The molecule has 0 aliphatic carbocycles. The summed E-state index contributed by atoms with van der Waals surface area (Å²) >= 11 is 0. The maximum Gasteiger partial charge on any atom is 0.392 e. The Hall–Kier alpha value is -0.250. The number of alkyl halides is 3. The third kappa shape index (κ3) is 8.70. The van der Waals surface area contributed by atoms with E-state index in [1.807, 2.05) is 0 Å². The van der Waals surface area contributed by atoms with E-state index in [0.29, 0.717) is 30.8 Å². The van der Waals surface area contributed by atoms with Gasteiger partial charge >= 0.3 is 6.18 Å². The maximum atomic E-state index is 13.0. The smallest absolute Gasteiger partial charge is 0.381 e. The molecule has 0 N–H and O–H groups in total. The highest BCUT2D eigenvalue weighted by Gasteiger charge is 2.42. The van der Waals surface area contributed by atoms with Crippen LogP contribution in [-0.4, -0.2) is 19.4 Å². The van der Waals surface area contributed by atoms with Gasteiger partial charge in [0, 0.05) is 13.2 Å². The van der Waals surface area contributed by atoms with E-state index < -0.39 is 18.0 Å². The predicted molar refractivity (Wildman–Crippen MR) is 82.2 cm³/mol. The van der Waals surface area contributed by atoms with Crippen molar-refractivity contribution < 1.29 is 17.9 Å². The Morgan fingerprint density at radius 1 is 0.952 bits per heavy atom. The number of rotatable bonds is 10. The van der Waals surface area contributed by atoms with Crippen molar-refractivity contribution in [2.24, 2.45) is 29.6 Å². The SMILES string of the molecule is CCCC(C(C)COCC(CC(C)C)C(C)C)C(F)(F)F. The molecule has 0 aromatic heterocycles. The van der Waals surface area contributed by atoms with E-state index in [4.69, 9.17) is 4.74 Å². The van der Waals surface area contributed by atoms with E-state index in [1.54, 1.807) is 13.8 Å². The summed E-state index contributed by atoms with van der Waals surface area (Å²) in [5.74, 6) is -0.215. The highest BCUT2D eigenvalue weighted by molar-refractivity contribution is 4.73. The van der Waals surface area contributed by atoms with Crippen molar-refractivity contribution in [2.45, 2.75) is 67.0 Å². The average Bonchev–Trinajstić information content (AvgIpc) is 2.32. The van der Waals surface area contributed by atoms with Crippen molar-refractivity contribution in [2.75, 3.05) is 13.2 Å². The van der Waals surface area contributed by atoms with Crippen molar-refractivity contribution in [3.63, 3.8) is 0 Å². The van der Waals surface area contributed by atoms with Crippen LogP contribution in [0.1, 0.15) is 60.8 Å². The van der Waals surface area contributed by atoms with Crippen molar-refractivity contribution in [1.29, 1.82) is 0 Å². The number of hydrogen-bond donors (Lipinski definition) is 0. The Balaban J connectivity index is 4.35. The Bertz CT molecular complexity index is 261. The molecule has 0 aromatic rings. The van der Waals surface area contributed by atoms with Crippen molar-refractivity contribution in [1.82, 2.24) is 0 Å². The summed E-state index contributed by atoms with van der Waals surface area (Å²) in [7, 11) is 0. The molecule has 1 nitrogen and oxygen atoms in total. The molecule has 0 bridgehead atoms. The number of halogens is 3. The fourth-order valence-electron chi connectivity index (χ4n) is 2.74. The third-order valence-electron chi connectivity index (χ3n) is 4.14. The Morgan fingerprint density at radius 3 is 1.90 bits per heavy atom. The Labute approximate surface area is 128 Å². The molecule has 3 unspecified atom stereocenters. The summed E-state index contributed by atoms with van der Waals surface area (Å²) in [6.07, 6.45) is -2.32. The molecule has 0 aromatic carbocycles. The molecule has 0 aliphatic rings. The molecule has 0 radical (unpaired) electrons. The van der Waals surface area contributed by atoms with Gasteiger partial charge in [-0.1, -0.05) is 48.0 Å². The number of ether oxygens (including phenoxy) is 1. The van der Waals surface area contributed by atoms with Crippen LogP contribution in [0.4, 0.5) is 13.2 Å². The van der Waals surface area contributed by atoms with Crippen LogP contribution < -0.4 is 0 Å². The van der Waals surface area contributed by atoms with E-state index in [9.17, 15) is 13.2 Å². The van der Waals surface area contributed by atoms with Crippen molar-refractivity contribution in [3.8, 4) is 0 Å². The quantitative estimate of drug-likeness (QED) is 0.485. The van der Waals surface area contributed by atoms with E-state index in [0.717, 1.165) is 6.42 Å². The van der Waals surface area contributed by atoms with E-state index >= 15 is 0 Å². The fraction of sp³-hybridized carbons (Fsp3) is 1.00. The van der Waals surface area contributed by atoms with Crippen molar-refractivity contribution in [3.05, 3.63) is 0 Å². The minimum absolute atomic E-state index is 0.188. The lowest BCUT2D eigenvalue weighted by atomic mass is 9.88. The second kappa shape index (κ2) is 9.70. The second-order valence-corrected chi connectivity index (χ2v) is 7.09. The molecule has 0 amide bonds. The summed E-state index contributed by atoms with van der Waals surface area (Å²) in [4.78, 5) is 0. The lowest BCUT2D eigenvalue weighted by molar-refractivity contribution is -0.194. The summed E-state index contributed by atoms with van der Waals surface area (Å²) < 4.78 is 44.6. The minimum Gasteiger partial charge on any atom is -0.381 e. The van der Waals surface area contributed by atoms with Crippen LogP contribution in [0.25, 0.3) is 0 Å². The summed E-state index contributed by atoms with van der Waals surface area (Å²) in [6.45, 7) is 12.8. The van der Waals surface area contributed by atoms with E-state index in [2.05, 4.69) is 27.7 Å². The van der Waals surface area contributed by atoms with Gasteiger partial charge in [-0.2, -0.15) is 13.2 Å². The van der Waals surface area contributed by atoms with Gasteiger partial charge in [0.2, 0.25) is 0 Å². The fourth-order valence-corrected chi connectivity index (χ4v) is 2.74. The van der Waals surface area contributed by atoms with E-state index in [1.165, 1.54) is 0 Å². The molecular formula is C17H33F3O. The lowest BCUT2D eigenvalue weighted by Crippen LogP contribution is -2.32. The predicted octanol–water partition coefficient (Wildman–Crippen LogP) is 5.94. The van der Waals surface area contributed by atoms with Gasteiger partial charge in [-0.15, -0.1) is 0 Å². The lowest BCUT2D eigenvalue weighted by Gasteiger charge is -2.28. The van der Waals surface area contributed by atoms with Gasteiger partial charge in [-0.25, -0.2) is 0 Å². The topological polar surface area (TPSA) is 9.23 Å². The molecule has 3 atom stereocenters. The molecule has 128 valence electrons. The van der Waals surface area contributed by atoms with E-state index in [-0.39, 0.29) is 13.0 Å². The summed E-state index contributed by atoms with van der Waals surface area (Å²) in [5, 5.41) is 0. The molecule has 0 heterocycles. The first-order valence-electron chi connectivity index (χ1n) is 8.23. The molecule has 0 rings (SSSR count). The molecule has 0 fully saturated rings. The maximum absolute atomic E-state index is 13.0. The molecule has 0 spiro atoms. The summed E-state index contributed by atoms with van der Waals surface area (Å²) in [5.41, 5.74) is 0. The average molecular weight is 310 g/mol. The first-order valence-corrected chi connectivity index (χ1v) is 8.23. The third-order valence-corrected chi connectivity index (χ3v) is 4.14. The first kappa shape index (κ1) is 20.8. The van der Waals surface area contributed by atoms with Crippen LogP contribution in [0.15, 0.2) is 0 Å². The normalized spacial score (nSPS) is 17.3. The van der Waals surface area contributed by atoms with Gasteiger partial charge in [0.05, 0.1) is 5.92 Å². The van der Waals surface area contributed by atoms with Crippen molar-refractivity contribution >= 4 is 0 Å². The highest BCUT2D eigenvalue weighted by atomic mass is 19.4. The molecule has 0 aliphatic heterocycles. The van der Waals surface area contributed by atoms with Crippen LogP contribution in [-0.2, 0) is 4.74 Å². The molecule has 4 heteroatoms. The number of hydrogen-bond acceptors (Lipinski definition) is 1. The Kier molecular flexibility index (Phi) is 9.59. The molecule has 21 heavy (non-hydrogen) atoms. The monoisotopic (exact) mass is 310 g/mol. The molecule has 0 saturated heterocycles. The van der Waals surface area contributed by atoms with Crippen LogP contribution >= 0.6 is 0 Å². The largest absolute Gasteiger partial charge is 0.392 e. The summed E-state index contributed by atoms with van der Waals surface area (Å²) in [6, 6.07) is 0. The standard InChI is InChI=1S/C17H33F3O/c1-7-8-16(17(18,19)20)14(6)10-21-11-15(13(4)5)9-12(2)3/h12-16H,7-11H2,1-6H3. The van der Waals surface area contributed by atoms with Gasteiger partial charge in [0.15, 0.2) is 0 Å². The zero-order valence-electron chi connectivity index (χ0n) is 14.5. The minimum atomic E-state index is -4.12. The van der Waals surface area contributed by atoms with Gasteiger partial charge in [-0.3, -0.25) is 0 Å². The van der Waals surface area contributed by atoms with Gasteiger partial charge in [0.1, 0.15) is 0 Å². The zero-order valence-corrected chi connectivity index (χ0v) is 14.5. The Morgan fingerprint density at radius 2 is 1.52 bits per heavy atom. The van der Waals surface area contributed by atoms with Crippen LogP contribution in [0.5, 0.6) is 0 Å². The van der Waals surface area contributed by atoms with Crippen LogP contribution in [0.2, 0.25) is 0 Å².